The number of hydrogen-bond donors (Lipinski definition) is 2. The lowest BCUT2D eigenvalue weighted by atomic mass is 10.4. The summed E-state index contributed by atoms with van der Waals surface area (Å²) in [4.78, 5) is 6.78. The average Bonchev–Trinajstić information content (AvgIpc) is 2.13. The SMILES string of the molecule is [CH2]c1[nH]c(CO)nc1C. The summed E-state index contributed by atoms with van der Waals surface area (Å²) in [6, 6.07) is 0. The van der Waals surface area contributed by atoms with Gasteiger partial charge in [0.1, 0.15) is 12.4 Å². The van der Waals surface area contributed by atoms with Crippen molar-refractivity contribution in [3.8, 4) is 0 Å². The van der Waals surface area contributed by atoms with Gasteiger partial charge in [0.2, 0.25) is 0 Å². The van der Waals surface area contributed by atoms with Crippen molar-refractivity contribution in [1.82, 2.24) is 9.97 Å². The van der Waals surface area contributed by atoms with Gasteiger partial charge in [0.15, 0.2) is 0 Å². The first-order chi connectivity index (χ1) is 4.24. The number of H-pyrrole nitrogens is 1. The van der Waals surface area contributed by atoms with Crippen LogP contribution in [-0.2, 0) is 6.61 Å². The van der Waals surface area contributed by atoms with Crippen LogP contribution in [0.15, 0.2) is 0 Å². The fourth-order valence-corrected chi connectivity index (χ4v) is 0.637. The van der Waals surface area contributed by atoms with Crippen molar-refractivity contribution in [2.45, 2.75) is 13.5 Å². The third-order valence-corrected chi connectivity index (χ3v) is 1.18. The minimum Gasteiger partial charge on any atom is -0.388 e. The van der Waals surface area contributed by atoms with Gasteiger partial charge in [0, 0.05) is 5.69 Å². The molecule has 9 heavy (non-hydrogen) atoms. The molecule has 1 radical (unpaired) electrons. The van der Waals surface area contributed by atoms with Crippen LogP contribution in [0.3, 0.4) is 0 Å². The topological polar surface area (TPSA) is 48.9 Å². The number of aliphatic hydroxyl groups excluding tert-OH is 1. The monoisotopic (exact) mass is 125 g/mol. The molecule has 0 unspecified atom stereocenters. The number of aromatic nitrogens is 2. The Balaban J connectivity index is 2.98. The highest BCUT2D eigenvalue weighted by atomic mass is 16.3. The Morgan fingerprint density at radius 1 is 1.78 bits per heavy atom. The highest BCUT2D eigenvalue weighted by Gasteiger charge is 1.98. The zero-order chi connectivity index (χ0) is 6.85. The lowest BCUT2D eigenvalue weighted by Crippen LogP contribution is -1.84. The van der Waals surface area contributed by atoms with Crippen LogP contribution in [0.2, 0.25) is 0 Å². The summed E-state index contributed by atoms with van der Waals surface area (Å²) >= 11 is 0. The quantitative estimate of drug-likeness (QED) is 0.570. The van der Waals surface area contributed by atoms with Crippen molar-refractivity contribution in [1.29, 1.82) is 0 Å². The van der Waals surface area contributed by atoms with E-state index in [-0.39, 0.29) is 6.61 Å². The fraction of sp³-hybridized carbons (Fsp3) is 0.333. The predicted molar refractivity (Wildman–Crippen MR) is 33.7 cm³/mol. The van der Waals surface area contributed by atoms with E-state index in [0.29, 0.717) is 5.82 Å². The van der Waals surface area contributed by atoms with Gasteiger partial charge in [-0.15, -0.1) is 0 Å². The van der Waals surface area contributed by atoms with E-state index in [9.17, 15) is 0 Å². The summed E-state index contributed by atoms with van der Waals surface area (Å²) in [5.41, 5.74) is 1.62. The summed E-state index contributed by atoms with van der Waals surface area (Å²) in [5.74, 6) is 0.581. The molecule has 0 aliphatic carbocycles. The van der Waals surface area contributed by atoms with Gasteiger partial charge >= 0.3 is 0 Å². The van der Waals surface area contributed by atoms with E-state index < -0.39 is 0 Å². The predicted octanol–water partition coefficient (Wildman–Crippen LogP) is 0.393. The van der Waals surface area contributed by atoms with E-state index in [1.807, 2.05) is 6.92 Å². The first-order valence-electron chi connectivity index (χ1n) is 2.72. The normalized spacial score (nSPS) is 10.1. The minimum atomic E-state index is -0.0453. The minimum absolute atomic E-state index is 0.0453. The Kier molecular flexibility index (Phi) is 1.53. The van der Waals surface area contributed by atoms with Crippen LogP contribution in [0.4, 0.5) is 0 Å². The molecule has 3 heteroatoms. The number of imidazole rings is 1. The van der Waals surface area contributed by atoms with Gasteiger partial charge in [0.25, 0.3) is 0 Å². The molecule has 0 bridgehead atoms. The van der Waals surface area contributed by atoms with E-state index in [4.69, 9.17) is 5.11 Å². The maximum atomic E-state index is 8.55. The average molecular weight is 125 g/mol. The summed E-state index contributed by atoms with van der Waals surface area (Å²) in [6.07, 6.45) is 0. The van der Waals surface area contributed by atoms with E-state index in [0.717, 1.165) is 11.4 Å². The third-order valence-electron chi connectivity index (χ3n) is 1.18. The van der Waals surface area contributed by atoms with Crippen LogP contribution < -0.4 is 0 Å². The molecule has 0 aromatic carbocycles. The molecule has 1 aromatic heterocycles. The number of nitrogens with zero attached hydrogens (tertiary/aromatic N) is 1. The Bertz CT molecular complexity index is 185. The largest absolute Gasteiger partial charge is 0.388 e. The fourth-order valence-electron chi connectivity index (χ4n) is 0.637. The van der Waals surface area contributed by atoms with Crippen molar-refractivity contribution < 1.29 is 5.11 Å². The van der Waals surface area contributed by atoms with Gasteiger partial charge in [-0.25, -0.2) is 4.98 Å². The molecular formula is C6H9N2O. The van der Waals surface area contributed by atoms with Gasteiger partial charge < -0.3 is 10.1 Å². The summed E-state index contributed by atoms with van der Waals surface area (Å²) in [6.45, 7) is 5.46. The Hall–Kier alpha value is -0.830. The van der Waals surface area contributed by atoms with E-state index in [1.54, 1.807) is 0 Å². The zero-order valence-corrected chi connectivity index (χ0v) is 5.31. The standard InChI is InChI=1S/C6H9N2O/c1-4-5(2)8-6(3-9)7-4/h9H,1,3H2,2H3,(H,7,8). The molecule has 1 heterocycles. The van der Waals surface area contributed by atoms with Crippen molar-refractivity contribution in [2.75, 3.05) is 0 Å². The molecule has 0 aliphatic heterocycles. The van der Waals surface area contributed by atoms with Crippen LogP contribution in [0.1, 0.15) is 17.2 Å². The molecule has 2 N–H and O–H groups in total. The van der Waals surface area contributed by atoms with Gasteiger partial charge in [-0.2, -0.15) is 0 Å². The van der Waals surface area contributed by atoms with Crippen LogP contribution in [0.5, 0.6) is 0 Å². The number of aromatic amines is 1. The second kappa shape index (κ2) is 2.19. The van der Waals surface area contributed by atoms with Crippen molar-refractivity contribution in [2.24, 2.45) is 0 Å². The Labute approximate surface area is 53.7 Å². The molecule has 0 saturated heterocycles. The van der Waals surface area contributed by atoms with Crippen LogP contribution >= 0.6 is 0 Å². The molecule has 0 aliphatic rings. The molecule has 0 amide bonds. The molecular weight excluding hydrogens is 116 g/mol. The molecule has 0 saturated carbocycles. The molecule has 49 valence electrons. The summed E-state index contributed by atoms with van der Waals surface area (Å²) in [5, 5.41) is 8.55. The van der Waals surface area contributed by atoms with E-state index in [2.05, 4.69) is 16.9 Å². The smallest absolute Gasteiger partial charge is 0.132 e. The van der Waals surface area contributed by atoms with E-state index >= 15 is 0 Å². The second-order valence-corrected chi connectivity index (χ2v) is 1.91. The van der Waals surface area contributed by atoms with Crippen LogP contribution in [0, 0.1) is 13.8 Å². The number of nitrogens with one attached hydrogen (secondary N) is 1. The third kappa shape index (κ3) is 1.10. The maximum Gasteiger partial charge on any atom is 0.132 e. The van der Waals surface area contributed by atoms with Crippen molar-refractivity contribution in [3.05, 3.63) is 24.1 Å². The Morgan fingerprint density at radius 3 is 2.67 bits per heavy atom. The first-order valence-corrected chi connectivity index (χ1v) is 2.72. The van der Waals surface area contributed by atoms with Gasteiger partial charge in [-0.1, -0.05) is 0 Å². The Morgan fingerprint density at radius 2 is 2.44 bits per heavy atom. The number of aryl methyl sites for hydroxylation is 1. The molecule has 1 aromatic rings. The number of rotatable bonds is 1. The molecule has 0 fully saturated rings. The second-order valence-electron chi connectivity index (χ2n) is 1.91. The molecule has 0 spiro atoms. The van der Waals surface area contributed by atoms with E-state index in [1.165, 1.54) is 0 Å². The van der Waals surface area contributed by atoms with Gasteiger partial charge in [-0.05, 0) is 13.8 Å². The molecule has 1 rings (SSSR count). The molecule has 3 nitrogen and oxygen atoms in total. The number of aliphatic hydroxyl groups is 1. The highest BCUT2D eigenvalue weighted by Crippen LogP contribution is 2.01. The first kappa shape index (κ1) is 6.29. The van der Waals surface area contributed by atoms with Crippen molar-refractivity contribution in [3.63, 3.8) is 0 Å². The van der Waals surface area contributed by atoms with Gasteiger partial charge in [0.05, 0.1) is 5.69 Å². The lowest BCUT2D eigenvalue weighted by Gasteiger charge is -1.81. The summed E-state index contributed by atoms with van der Waals surface area (Å²) < 4.78 is 0. The lowest BCUT2D eigenvalue weighted by molar-refractivity contribution is 0.272. The van der Waals surface area contributed by atoms with Crippen molar-refractivity contribution >= 4 is 0 Å². The number of hydrogen-bond acceptors (Lipinski definition) is 2. The van der Waals surface area contributed by atoms with Gasteiger partial charge in [-0.3, -0.25) is 0 Å². The zero-order valence-electron chi connectivity index (χ0n) is 5.31. The molecule has 0 atom stereocenters. The van der Waals surface area contributed by atoms with Crippen LogP contribution in [0.25, 0.3) is 0 Å². The van der Waals surface area contributed by atoms with Crippen LogP contribution in [-0.4, -0.2) is 15.1 Å². The summed E-state index contributed by atoms with van der Waals surface area (Å²) in [7, 11) is 0. The maximum absolute atomic E-state index is 8.55. The highest BCUT2D eigenvalue weighted by molar-refractivity contribution is 5.14.